The summed E-state index contributed by atoms with van der Waals surface area (Å²) in [6, 6.07) is 2.21. The van der Waals surface area contributed by atoms with Gasteiger partial charge in [0.05, 0.1) is 12.8 Å². The molecule has 2 aromatic heterocycles. The number of aromatic nitrogens is 1. The Morgan fingerprint density at radius 2 is 2.10 bits per heavy atom. The number of rotatable bonds is 6. The molecule has 3 rings (SSSR count). The Labute approximate surface area is 191 Å². The fraction of sp³-hybridized carbons (Fsp3) is 0.250. The van der Waals surface area contributed by atoms with Gasteiger partial charge in [-0.3, -0.25) is 9.59 Å². The second kappa shape index (κ2) is 8.04. The SMILES string of the molecule is [2H]c1c(C)cc(C)c(N([2H])C(=O)c2sccc2S(=O)(=O)N([2H])c2onc(C([2H])([2H])[2H])c2C([2H])([2H])[2H])c1C(C)=O. The zero-order chi connectivity index (χ0) is 29.8. The smallest absolute Gasteiger partial charge is 0.267 e. The molecule has 0 saturated carbocycles. The molecule has 3 aromatic rings. The number of nitrogens with one attached hydrogen (secondary N) is 2. The van der Waals surface area contributed by atoms with E-state index >= 15 is 0 Å². The van der Waals surface area contributed by atoms with Crippen molar-refractivity contribution in [3.8, 4) is 0 Å². The molecule has 0 aliphatic carbocycles. The summed E-state index contributed by atoms with van der Waals surface area (Å²) in [5.41, 5.74) is -1.91. The molecule has 10 heteroatoms. The molecule has 2 heterocycles. The maximum Gasteiger partial charge on any atom is 0.267 e. The number of Topliss-reactive ketones (excluding diaryl/α,β-unsaturated/α-hetero) is 1. The van der Waals surface area contributed by atoms with Crippen LogP contribution in [0.3, 0.4) is 0 Å². The molecule has 0 fully saturated rings. The summed E-state index contributed by atoms with van der Waals surface area (Å²) >= 11 is 0.587. The van der Waals surface area contributed by atoms with Gasteiger partial charge in [0, 0.05) is 19.4 Å². The van der Waals surface area contributed by atoms with E-state index in [0.29, 0.717) is 22.5 Å². The average Bonchev–Trinajstić information content (AvgIpc) is 3.47. The second-order valence-electron chi connectivity index (χ2n) is 6.22. The van der Waals surface area contributed by atoms with Crippen LogP contribution in [0.15, 0.2) is 33.0 Å². The van der Waals surface area contributed by atoms with Crippen molar-refractivity contribution >= 4 is 44.6 Å². The van der Waals surface area contributed by atoms with Gasteiger partial charge in [-0.25, -0.2) is 13.1 Å². The van der Waals surface area contributed by atoms with Gasteiger partial charge in [-0.2, -0.15) is 0 Å². The Kier molecular flexibility index (Phi) is 3.39. The molecule has 0 aliphatic heterocycles. The van der Waals surface area contributed by atoms with Gasteiger partial charge in [-0.1, -0.05) is 11.2 Å². The van der Waals surface area contributed by atoms with Crippen LogP contribution >= 0.6 is 11.3 Å². The van der Waals surface area contributed by atoms with Gasteiger partial charge in [0.25, 0.3) is 15.9 Å². The van der Waals surface area contributed by atoms with E-state index in [9.17, 15) is 18.0 Å². The lowest BCUT2D eigenvalue weighted by atomic mass is 10.0. The maximum absolute atomic E-state index is 13.4. The number of hydrogen-bond acceptors (Lipinski definition) is 7. The van der Waals surface area contributed by atoms with E-state index in [1.54, 1.807) is 6.92 Å². The highest BCUT2D eigenvalue weighted by Crippen LogP contribution is 2.29. The van der Waals surface area contributed by atoms with Gasteiger partial charge in [0.1, 0.15) is 9.77 Å². The lowest BCUT2D eigenvalue weighted by Crippen LogP contribution is -2.20. The normalized spacial score (nSPS) is 16.6. The Hall–Kier alpha value is -2.98. The molecule has 30 heavy (non-hydrogen) atoms. The number of aryl methyl sites for hydroxylation is 3. The first-order valence-electron chi connectivity index (χ1n) is 12.7. The van der Waals surface area contributed by atoms with Crippen molar-refractivity contribution in [2.24, 2.45) is 0 Å². The lowest BCUT2D eigenvalue weighted by Gasteiger charge is -2.14. The molecule has 0 aliphatic rings. The number of anilines is 2. The fourth-order valence-electron chi connectivity index (χ4n) is 2.59. The van der Waals surface area contributed by atoms with E-state index in [1.807, 2.05) is 0 Å². The molecular weight excluding hydrogens is 426 g/mol. The summed E-state index contributed by atoms with van der Waals surface area (Å²) in [5.74, 6) is -3.03. The summed E-state index contributed by atoms with van der Waals surface area (Å²) in [7, 11) is -5.10. The molecule has 0 bridgehead atoms. The van der Waals surface area contributed by atoms with E-state index in [-0.39, 0.29) is 27.3 Å². The van der Waals surface area contributed by atoms with Crippen molar-refractivity contribution in [1.29, 1.82) is 0 Å². The number of amides is 1. The maximum atomic E-state index is 13.4. The van der Waals surface area contributed by atoms with Crippen LogP contribution in [0.5, 0.6) is 0 Å². The van der Waals surface area contributed by atoms with Crippen molar-refractivity contribution in [3.63, 3.8) is 0 Å². The predicted molar refractivity (Wildman–Crippen MR) is 115 cm³/mol. The summed E-state index contributed by atoms with van der Waals surface area (Å²) in [5, 5.41) is 4.62. The minimum Gasteiger partial charge on any atom is -0.337 e. The molecule has 158 valence electrons. The van der Waals surface area contributed by atoms with E-state index < -0.39 is 62.3 Å². The van der Waals surface area contributed by atoms with Crippen LogP contribution in [0, 0.1) is 27.6 Å². The van der Waals surface area contributed by atoms with Crippen LogP contribution in [0.25, 0.3) is 0 Å². The molecular formula is C20H21N3O5S2. The average molecular weight is 457 g/mol. The Morgan fingerprint density at radius 3 is 2.77 bits per heavy atom. The highest BCUT2D eigenvalue weighted by molar-refractivity contribution is 7.93. The molecule has 1 amide bonds. The minimum atomic E-state index is -5.10. The van der Waals surface area contributed by atoms with Gasteiger partial charge in [0.15, 0.2) is 8.61 Å². The monoisotopic (exact) mass is 456 g/mol. The van der Waals surface area contributed by atoms with Crippen LogP contribution < -0.4 is 10.0 Å². The van der Waals surface area contributed by atoms with E-state index in [0.717, 1.165) is 13.0 Å². The van der Waals surface area contributed by atoms with E-state index in [2.05, 4.69) is 5.16 Å². The van der Waals surface area contributed by atoms with Crippen molar-refractivity contribution in [2.75, 3.05) is 10.0 Å². The third-order valence-corrected chi connectivity index (χ3v) is 6.24. The van der Waals surface area contributed by atoms with E-state index in [4.69, 9.17) is 16.9 Å². The molecule has 0 unspecified atom stereocenters. The molecule has 0 spiro atoms. The first-order valence-corrected chi connectivity index (χ1v) is 10.6. The summed E-state index contributed by atoms with van der Waals surface area (Å²) in [6.45, 7) is -2.12. The zero-order valence-electron chi connectivity index (χ0n) is 24.9. The topological polar surface area (TPSA) is 118 Å². The quantitative estimate of drug-likeness (QED) is 0.536. The van der Waals surface area contributed by atoms with Crippen LogP contribution in [-0.4, -0.2) is 25.3 Å². The van der Waals surface area contributed by atoms with Crippen molar-refractivity contribution in [2.45, 2.75) is 39.4 Å². The van der Waals surface area contributed by atoms with Gasteiger partial charge in [-0.15, -0.1) is 11.3 Å². The summed E-state index contributed by atoms with van der Waals surface area (Å²) in [6.07, 6.45) is 0. The van der Waals surface area contributed by atoms with Gasteiger partial charge >= 0.3 is 0 Å². The Balaban J connectivity index is 2.14. The van der Waals surface area contributed by atoms with Crippen LogP contribution in [0.4, 0.5) is 11.6 Å². The molecule has 2 N–H and O–H groups in total. The second-order valence-corrected chi connectivity index (χ2v) is 8.71. The molecule has 1 aromatic carbocycles. The van der Waals surface area contributed by atoms with Gasteiger partial charge in [-0.05, 0) is 63.1 Å². The van der Waals surface area contributed by atoms with Crippen molar-refractivity contribution < 1.29 is 34.9 Å². The number of ketones is 1. The first-order chi connectivity index (χ1) is 17.7. The van der Waals surface area contributed by atoms with Crippen LogP contribution in [0.1, 0.15) is 58.9 Å². The third kappa shape index (κ3) is 4.14. The largest absolute Gasteiger partial charge is 0.337 e. The minimum absolute atomic E-state index is 0.211. The number of nitrogens with zero attached hydrogens (tertiary/aromatic N) is 1. The molecule has 0 saturated heterocycles. The number of sulfonamides is 1. The molecule has 0 atom stereocenters. The molecule has 8 nitrogen and oxygen atoms in total. The third-order valence-electron chi connectivity index (χ3n) is 3.91. The fourth-order valence-corrected chi connectivity index (χ4v) is 4.81. The predicted octanol–water partition coefficient (Wildman–Crippen LogP) is 4.23. The number of benzene rings is 1. The van der Waals surface area contributed by atoms with Crippen LogP contribution in [0.2, 0.25) is 2.82 Å². The first kappa shape index (κ1) is 12.7. The number of hydrogen-bond donors (Lipinski definition) is 2. The van der Waals surface area contributed by atoms with Crippen molar-refractivity contribution in [3.05, 3.63) is 56.4 Å². The van der Waals surface area contributed by atoms with Gasteiger partial charge in [0.2, 0.25) is 5.88 Å². The standard InChI is InChI=1S/C20H21N3O5S2/c1-10-8-11(2)17(15(9-10)14(5)24)21-19(25)18-16(6-7-29-18)30(26,27)23-20-12(3)13(4)22-28-20/h6-9,23H,1-5H3,(H,21,25)/i3D3,4D3,9D/hD2. The Morgan fingerprint density at radius 1 is 1.33 bits per heavy atom. The van der Waals surface area contributed by atoms with Gasteiger partial charge < -0.3 is 9.83 Å². The van der Waals surface area contributed by atoms with Crippen LogP contribution in [-0.2, 0) is 10.0 Å². The lowest BCUT2D eigenvalue weighted by molar-refractivity contribution is 0.101. The molecule has 0 radical (unpaired) electrons. The highest BCUT2D eigenvalue weighted by atomic mass is 32.2. The number of carbonyl (C=O) groups excluding carboxylic acids is 2. The zero-order valence-corrected chi connectivity index (χ0v) is 17.6. The van der Waals surface area contributed by atoms with E-state index in [1.165, 1.54) is 18.4 Å². The number of carbonyl (C=O) groups is 2. The summed E-state index contributed by atoms with van der Waals surface area (Å²) in [4.78, 5) is 24.3. The Bertz CT molecular complexity index is 1580. The summed E-state index contributed by atoms with van der Waals surface area (Å²) < 4.78 is 101. The number of thiophene rings is 1. The highest BCUT2D eigenvalue weighted by Gasteiger charge is 2.27. The van der Waals surface area contributed by atoms with Crippen molar-refractivity contribution in [1.82, 2.24) is 5.16 Å².